The molecule has 3 rings (SSSR count). The quantitative estimate of drug-likeness (QED) is 0.834. The van der Waals surface area contributed by atoms with Gasteiger partial charge >= 0.3 is 0 Å². The van der Waals surface area contributed by atoms with Crippen molar-refractivity contribution in [2.45, 2.75) is 12.3 Å². The van der Waals surface area contributed by atoms with Gasteiger partial charge in [0.15, 0.2) is 0 Å². The number of nitrogens with zero attached hydrogens (tertiary/aromatic N) is 2. The highest BCUT2D eigenvalue weighted by molar-refractivity contribution is 5.83. The highest BCUT2D eigenvalue weighted by atomic mass is 19.1. The Bertz CT molecular complexity index is 602. The van der Waals surface area contributed by atoms with Crippen LogP contribution in [-0.4, -0.2) is 15.9 Å². The van der Waals surface area contributed by atoms with Crippen LogP contribution in [0.15, 0.2) is 42.7 Å². The molecule has 1 saturated carbocycles. The number of carbonyl (C=O) groups is 1. The van der Waals surface area contributed by atoms with Crippen LogP contribution in [-0.2, 0) is 4.79 Å². The molecule has 0 unspecified atom stereocenters. The van der Waals surface area contributed by atoms with E-state index in [2.05, 4.69) is 20.8 Å². The van der Waals surface area contributed by atoms with Crippen molar-refractivity contribution in [1.82, 2.24) is 15.4 Å². The lowest BCUT2D eigenvalue weighted by molar-refractivity contribution is -0.121. The topological polar surface area (TPSA) is 66.9 Å². The molecule has 1 amide bonds. The van der Waals surface area contributed by atoms with E-state index in [1.54, 1.807) is 30.6 Å². The average molecular weight is 272 g/mol. The van der Waals surface area contributed by atoms with E-state index >= 15 is 0 Å². The molecule has 1 heterocycles. The highest BCUT2D eigenvalue weighted by Gasteiger charge is 2.43. The van der Waals surface area contributed by atoms with E-state index in [1.165, 1.54) is 12.1 Å². The van der Waals surface area contributed by atoms with Gasteiger partial charge in [-0.1, -0.05) is 12.1 Å². The number of hydrogen-bond acceptors (Lipinski definition) is 4. The number of nitrogens with one attached hydrogen (secondary N) is 2. The zero-order valence-corrected chi connectivity index (χ0v) is 10.6. The third-order valence-corrected chi connectivity index (χ3v) is 3.29. The van der Waals surface area contributed by atoms with Crippen molar-refractivity contribution >= 4 is 11.9 Å². The smallest absolute Gasteiger partial charge is 0.242 e. The fraction of sp³-hybridized carbons (Fsp3) is 0.214. The van der Waals surface area contributed by atoms with Crippen molar-refractivity contribution in [3.63, 3.8) is 0 Å². The monoisotopic (exact) mass is 272 g/mol. The predicted octanol–water partition coefficient (Wildman–Crippen LogP) is 1.86. The number of halogens is 1. The Morgan fingerprint density at radius 3 is 2.60 bits per heavy atom. The molecule has 20 heavy (non-hydrogen) atoms. The molecular formula is C14H13FN4O. The zero-order valence-electron chi connectivity index (χ0n) is 10.6. The second-order valence-electron chi connectivity index (χ2n) is 4.69. The fourth-order valence-electron chi connectivity index (χ4n) is 2.14. The molecule has 2 N–H and O–H groups in total. The van der Waals surface area contributed by atoms with E-state index in [1.807, 2.05) is 0 Å². The zero-order chi connectivity index (χ0) is 13.9. The van der Waals surface area contributed by atoms with Gasteiger partial charge in [-0.2, -0.15) is 0 Å². The van der Waals surface area contributed by atoms with Crippen molar-refractivity contribution in [3.8, 4) is 0 Å². The van der Waals surface area contributed by atoms with Gasteiger partial charge in [-0.05, 0) is 36.1 Å². The molecule has 1 aromatic carbocycles. The number of rotatable bonds is 4. The summed E-state index contributed by atoms with van der Waals surface area (Å²) in [6.45, 7) is 0. The number of hydrazine groups is 1. The standard InChI is InChI=1S/C14H13FN4O/c15-10-4-2-9(3-5-10)11-8-12(11)13(20)18-19-14-16-6-1-7-17-14/h1-7,11-12H,8H2,(H,18,20)(H,16,17,19)/t11-,12+/m0/s1. The van der Waals surface area contributed by atoms with Crippen LogP contribution in [0.1, 0.15) is 17.9 Å². The van der Waals surface area contributed by atoms with E-state index in [4.69, 9.17) is 0 Å². The van der Waals surface area contributed by atoms with Crippen molar-refractivity contribution in [1.29, 1.82) is 0 Å². The van der Waals surface area contributed by atoms with Gasteiger partial charge in [-0.3, -0.25) is 15.6 Å². The Morgan fingerprint density at radius 1 is 1.20 bits per heavy atom. The number of amides is 1. The van der Waals surface area contributed by atoms with Gasteiger partial charge < -0.3 is 0 Å². The molecule has 5 nitrogen and oxygen atoms in total. The summed E-state index contributed by atoms with van der Waals surface area (Å²) >= 11 is 0. The minimum absolute atomic E-state index is 0.0864. The summed E-state index contributed by atoms with van der Waals surface area (Å²) in [5, 5.41) is 0. The van der Waals surface area contributed by atoms with E-state index in [-0.39, 0.29) is 23.6 Å². The molecule has 2 aromatic rings. The van der Waals surface area contributed by atoms with Crippen LogP contribution in [0.5, 0.6) is 0 Å². The maximum atomic E-state index is 12.8. The Kier molecular flexibility index (Phi) is 3.28. The summed E-state index contributed by atoms with van der Waals surface area (Å²) in [4.78, 5) is 19.8. The number of aromatic nitrogens is 2. The van der Waals surface area contributed by atoms with Crippen molar-refractivity contribution in [3.05, 3.63) is 54.1 Å². The van der Waals surface area contributed by atoms with E-state index < -0.39 is 0 Å². The molecule has 1 aromatic heterocycles. The normalized spacial score (nSPS) is 20.2. The van der Waals surface area contributed by atoms with Crippen molar-refractivity contribution in [2.75, 3.05) is 5.43 Å². The van der Waals surface area contributed by atoms with Gasteiger partial charge in [-0.25, -0.2) is 14.4 Å². The first-order chi connectivity index (χ1) is 9.74. The largest absolute Gasteiger partial charge is 0.273 e. The summed E-state index contributed by atoms with van der Waals surface area (Å²) < 4.78 is 12.8. The van der Waals surface area contributed by atoms with Gasteiger partial charge in [0.1, 0.15) is 5.82 Å². The molecule has 0 radical (unpaired) electrons. The van der Waals surface area contributed by atoms with Crippen LogP contribution in [0.2, 0.25) is 0 Å². The highest BCUT2D eigenvalue weighted by Crippen LogP contribution is 2.47. The molecular weight excluding hydrogens is 259 g/mol. The minimum atomic E-state index is -0.265. The molecule has 1 aliphatic carbocycles. The van der Waals surface area contributed by atoms with Crippen LogP contribution < -0.4 is 10.9 Å². The van der Waals surface area contributed by atoms with E-state index in [9.17, 15) is 9.18 Å². The number of anilines is 1. The van der Waals surface area contributed by atoms with Gasteiger partial charge in [0.25, 0.3) is 0 Å². The summed E-state index contributed by atoms with van der Waals surface area (Å²) in [7, 11) is 0. The van der Waals surface area contributed by atoms with E-state index in [0.29, 0.717) is 5.95 Å². The first kappa shape index (κ1) is 12.5. The SMILES string of the molecule is O=C(NNc1ncccn1)[C@@H]1C[C@H]1c1ccc(F)cc1. The molecule has 102 valence electrons. The molecule has 0 aliphatic heterocycles. The van der Waals surface area contributed by atoms with Crippen LogP contribution in [0.3, 0.4) is 0 Å². The number of benzene rings is 1. The lowest BCUT2D eigenvalue weighted by Gasteiger charge is -2.06. The maximum absolute atomic E-state index is 12.8. The molecule has 0 spiro atoms. The van der Waals surface area contributed by atoms with Gasteiger partial charge in [0.2, 0.25) is 11.9 Å². The second-order valence-corrected chi connectivity index (χ2v) is 4.69. The van der Waals surface area contributed by atoms with E-state index in [0.717, 1.165) is 12.0 Å². The molecule has 0 bridgehead atoms. The van der Waals surface area contributed by atoms with Crippen LogP contribution in [0.4, 0.5) is 10.3 Å². The first-order valence-electron chi connectivity index (χ1n) is 6.32. The van der Waals surface area contributed by atoms with Crippen molar-refractivity contribution in [2.24, 2.45) is 5.92 Å². The Morgan fingerprint density at radius 2 is 1.90 bits per heavy atom. The molecule has 0 saturated heterocycles. The van der Waals surface area contributed by atoms with Crippen LogP contribution in [0, 0.1) is 11.7 Å². The van der Waals surface area contributed by atoms with Crippen LogP contribution >= 0.6 is 0 Å². The Balaban J connectivity index is 1.54. The Hall–Kier alpha value is -2.50. The summed E-state index contributed by atoms with van der Waals surface area (Å²) in [6, 6.07) is 7.97. The predicted molar refractivity (Wildman–Crippen MR) is 71.0 cm³/mol. The lowest BCUT2D eigenvalue weighted by Crippen LogP contribution is -2.31. The van der Waals surface area contributed by atoms with Gasteiger partial charge in [0.05, 0.1) is 0 Å². The number of carbonyl (C=O) groups excluding carboxylic acids is 1. The summed E-state index contributed by atoms with van der Waals surface area (Å²) in [5.74, 6) is 0.0515. The van der Waals surface area contributed by atoms with Gasteiger partial charge in [0, 0.05) is 18.3 Å². The Labute approximate surface area is 115 Å². The second kappa shape index (κ2) is 5.24. The summed E-state index contributed by atoms with van der Waals surface area (Å²) in [6.07, 6.45) is 3.94. The van der Waals surface area contributed by atoms with Crippen LogP contribution in [0.25, 0.3) is 0 Å². The third kappa shape index (κ3) is 2.74. The first-order valence-corrected chi connectivity index (χ1v) is 6.32. The minimum Gasteiger partial charge on any atom is -0.273 e. The molecule has 2 atom stereocenters. The summed E-state index contributed by atoms with van der Waals surface area (Å²) in [5.41, 5.74) is 6.24. The fourth-order valence-corrected chi connectivity index (χ4v) is 2.14. The maximum Gasteiger partial charge on any atom is 0.242 e. The van der Waals surface area contributed by atoms with Crippen molar-refractivity contribution < 1.29 is 9.18 Å². The van der Waals surface area contributed by atoms with Gasteiger partial charge in [-0.15, -0.1) is 0 Å². The molecule has 6 heteroatoms. The molecule has 1 aliphatic rings. The number of hydrogen-bond donors (Lipinski definition) is 2. The third-order valence-electron chi connectivity index (χ3n) is 3.29. The lowest BCUT2D eigenvalue weighted by atomic mass is 10.1. The average Bonchev–Trinajstić information content (AvgIpc) is 3.27. The molecule has 1 fully saturated rings.